The summed E-state index contributed by atoms with van der Waals surface area (Å²) in [5, 5.41) is 0. The lowest BCUT2D eigenvalue weighted by Gasteiger charge is -2.42. The average Bonchev–Trinajstić information content (AvgIpc) is 3.49. The molecule has 130 valence electrons. The van der Waals surface area contributed by atoms with Crippen LogP contribution in [-0.2, 0) is 0 Å². The second-order valence-corrected chi connectivity index (χ2v) is 7.45. The number of nitrogens with zero attached hydrogens (tertiary/aromatic N) is 2. The van der Waals surface area contributed by atoms with Crippen LogP contribution in [0.3, 0.4) is 0 Å². The lowest BCUT2D eigenvalue weighted by Crippen LogP contribution is -2.51. The van der Waals surface area contributed by atoms with Gasteiger partial charge < -0.3 is 4.90 Å². The van der Waals surface area contributed by atoms with Crippen molar-refractivity contribution in [3.8, 4) is 0 Å². The van der Waals surface area contributed by atoms with Crippen LogP contribution in [0.15, 0.2) is 48.5 Å². The van der Waals surface area contributed by atoms with Gasteiger partial charge in [0.05, 0.1) is 6.04 Å². The zero-order chi connectivity index (χ0) is 17.4. The Morgan fingerprint density at radius 3 is 2.40 bits per heavy atom. The van der Waals surface area contributed by atoms with E-state index in [0.29, 0.717) is 0 Å². The van der Waals surface area contributed by atoms with Crippen molar-refractivity contribution in [3.63, 3.8) is 0 Å². The topological polar surface area (TPSA) is 23.6 Å². The van der Waals surface area contributed by atoms with Crippen LogP contribution in [0, 0.1) is 13.8 Å². The Morgan fingerprint density at radius 1 is 0.960 bits per heavy atom. The van der Waals surface area contributed by atoms with E-state index in [1.807, 2.05) is 18.2 Å². The number of benzene rings is 2. The molecule has 1 saturated heterocycles. The van der Waals surface area contributed by atoms with Crippen molar-refractivity contribution in [2.75, 3.05) is 19.6 Å². The third-order valence-corrected chi connectivity index (χ3v) is 5.67. The van der Waals surface area contributed by atoms with Crippen LogP contribution in [0.4, 0.5) is 0 Å². The van der Waals surface area contributed by atoms with Gasteiger partial charge in [0, 0.05) is 31.2 Å². The Bertz CT molecular complexity index is 767. The molecule has 1 unspecified atom stereocenters. The first kappa shape index (κ1) is 16.3. The Balaban J connectivity index is 1.63. The highest BCUT2D eigenvalue weighted by Gasteiger charge is 2.38. The van der Waals surface area contributed by atoms with E-state index in [-0.39, 0.29) is 11.9 Å². The molecule has 1 amide bonds. The Labute approximate surface area is 150 Å². The standard InChI is InChI=1S/C22H26N2O/c1-16-8-9-19(14-17(16)2)22(25)24-13-12-23(20-10-11-20)15-21(24)18-6-4-3-5-7-18/h3-9,14,20-21H,10-13,15H2,1-2H3. The van der Waals surface area contributed by atoms with Crippen LogP contribution in [0.5, 0.6) is 0 Å². The van der Waals surface area contributed by atoms with Crippen LogP contribution >= 0.6 is 0 Å². The molecule has 3 nitrogen and oxygen atoms in total. The van der Waals surface area contributed by atoms with E-state index in [1.54, 1.807) is 0 Å². The van der Waals surface area contributed by atoms with Gasteiger partial charge in [-0.2, -0.15) is 0 Å². The number of carbonyl (C=O) groups excluding carboxylic acids is 1. The van der Waals surface area contributed by atoms with E-state index < -0.39 is 0 Å². The third-order valence-electron chi connectivity index (χ3n) is 5.67. The lowest BCUT2D eigenvalue weighted by atomic mass is 9.99. The highest BCUT2D eigenvalue weighted by atomic mass is 16.2. The summed E-state index contributed by atoms with van der Waals surface area (Å²) in [6.07, 6.45) is 2.62. The Morgan fingerprint density at radius 2 is 1.72 bits per heavy atom. The number of hydrogen-bond donors (Lipinski definition) is 0. The van der Waals surface area contributed by atoms with Crippen LogP contribution in [-0.4, -0.2) is 41.4 Å². The van der Waals surface area contributed by atoms with E-state index in [2.05, 4.69) is 54.0 Å². The fraction of sp³-hybridized carbons (Fsp3) is 0.409. The molecule has 2 aromatic rings. The molecule has 2 aromatic carbocycles. The van der Waals surface area contributed by atoms with Crippen molar-refractivity contribution in [2.24, 2.45) is 0 Å². The number of carbonyl (C=O) groups is 1. The number of amides is 1. The van der Waals surface area contributed by atoms with Crippen molar-refractivity contribution in [1.82, 2.24) is 9.80 Å². The number of hydrogen-bond acceptors (Lipinski definition) is 2. The van der Waals surface area contributed by atoms with Gasteiger partial charge in [-0.3, -0.25) is 9.69 Å². The van der Waals surface area contributed by atoms with Crippen molar-refractivity contribution < 1.29 is 4.79 Å². The van der Waals surface area contributed by atoms with Gasteiger partial charge in [-0.25, -0.2) is 0 Å². The minimum atomic E-state index is 0.143. The van der Waals surface area contributed by atoms with E-state index in [0.717, 1.165) is 31.2 Å². The van der Waals surface area contributed by atoms with E-state index >= 15 is 0 Å². The van der Waals surface area contributed by atoms with Gasteiger partial charge in [0.15, 0.2) is 0 Å². The molecular formula is C22H26N2O. The molecule has 1 atom stereocenters. The smallest absolute Gasteiger partial charge is 0.254 e. The van der Waals surface area contributed by atoms with Crippen LogP contribution in [0.25, 0.3) is 0 Å². The molecule has 0 N–H and O–H groups in total. The third kappa shape index (κ3) is 3.34. The molecule has 0 bridgehead atoms. The lowest BCUT2D eigenvalue weighted by molar-refractivity contribution is 0.0433. The van der Waals surface area contributed by atoms with Crippen molar-refractivity contribution >= 4 is 5.91 Å². The fourth-order valence-electron chi connectivity index (χ4n) is 3.82. The summed E-state index contributed by atoms with van der Waals surface area (Å²) in [6, 6.07) is 17.4. The van der Waals surface area contributed by atoms with Crippen LogP contribution in [0.1, 0.15) is 45.9 Å². The molecule has 0 spiro atoms. The van der Waals surface area contributed by atoms with Crippen molar-refractivity contribution in [2.45, 2.75) is 38.8 Å². The average molecular weight is 334 g/mol. The molecule has 1 aliphatic carbocycles. The zero-order valence-electron chi connectivity index (χ0n) is 15.1. The fourth-order valence-corrected chi connectivity index (χ4v) is 3.82. The van der Waals surface area contributed by atoms with Crippen LogP contribution < -0.4 is 0 Å². The maximum absolute atomic E-state index is 13.2. The van der Waals surface area contributed by atoms with Gasteiger partial charge in [0.2, 0.25) is 0 Å². The Hall–Kier alpha value is -2.13. The number of aryl methyl sites for hydroxylation is 2. The molecular weight excluding hydrogens is 308 g/mol. The highest BCUT2D eigenvalue weighted by molar-refractivity contribution is 5.95. The molecule has 2 aliphatic rings. The maximum Gasteiger partial charge on any atom is 0.254 e. The minimum absolute atomic E-state index is 0.143. The SMILES string of the molecule is Cc1ccc(C(=O)N2CCN(C3CC3)CC2c2ccccc2)cc1C. The summed E-state index contributed by atoms with van der Waals surface area (Å²) in [6.45, 7) is 6.91. The summed E-state index contributed by atoms with van der Waals surface area (Å²) < 4.78 is 0. The second kappa shape index (κ2) is 6.64. The molecule has 0 aromatic heterocycles. The largest absolute Gasteiger partial charge is 0.329 e. The summed E-state index contributed by atoms with van der Waals surface area (Å²) >= 11 is 0. The van der Waals surface area contributed by atoms with Crippen molar-refractivity contribution in [1.29, 1.82) is 0 Å². The second-order valence-electron chi connectivity index (χ2n) is 7.45. The zero-order valence-corrected chi connectivity index (χ0v) is 15.1. The summed E-state index contributed by atoms with van der Waals surface area (Å²) in [5.41, 5.74) is 4.46. The highest BCUT2D eigenvalue weighted by Crippen LogP contribution is 2.34. The molecule has 4 rings (SSSR count). The summed E-state index contributed by atoms with van der Waals surface area (Å²) in [4.78, 5) is 17.9. The Kier molecular flexibility index (Phi) is 4.34. The normalized spacial score (nSPS) is 21.4. The van der Waals surface area contributed by atoms with Gasteiger partial charge in [-0.1, -0.05) is 36.4 Å². The molecule has 1 heterocycles. The van der Waals surface area contributed by atoms with Gasteiger partial charge in [-0.05, 0) is 55.5 Å². The summed E-state index contributed by atoms with van der Waals surface area (Å²) in [7, 11) is 0. The quantitative estimate of drug-likeness (QED) is 0.848. The molecule has 2 fully saturated rings. The molecule has 1 aliphatic heterocycles. The first-order valence-corrected chi connectivity index (χ1v) is 9.30. The van der Waals surface area contributed by atoms with E-state index in [9.17, 15) is 4.79 Å². The molecule has 3 heteroatoms. The van der Waals surface area contributed by atoms with Gasteiger partial charge >= 0.3 is 0 Å². The van der Waals surface area contributed by atoms with E-state index in [4.69, 9.17) is 0 Å². The van der Waals surface area contributed by atoms with Gasteiger partial charge in [0.25, 0.3) is 5.91 Å². The molecule has 0 radical (unpaired) electrons. The predicted molar refractivity (Wildman–Crippen MR) is 101 cm³/mol. The predicted octanol–water partition coefficient (Wildman–Crippen LogP) is 3.96. The van der Waals surface area contributed by atoms with Crippen LogP contribution in [0.2, 0.25) is 0 Å². The maximum atomic E-state index is 13.2. The van der Waals surface area contributed by atoms with E-state index in [1.165, 1.54) is 29.5 Å². The molecule has 1 saturated carbocycles. The van der Waals surface area contributed by atoms with Crippen molar-refractivity contribution in [3.05, 3.63) is 70.8 Å². The number of rotatable bonds is 3. The first-order valence-electron chi connectivity index (χ1n) is 9.30. The molecule has 25 heavy (non-hydrogen) atoms. The first-order chi connectivity index (χ1) is 12.1. The monoisotopic (exact) mass is 334 g/mol. The minimum Gasteiger partial charge on any atom is -0.329 e. The summed E-state index contributed by atoms with van der Waals surface area (Å²) in [5.74, 6) is 0.160. The van der Waals surface area contributed by atoms with Gasteiger partial charge in [0.1, 0.15) is 0 Å². The van der Waals surface area contributed by atoms with Gasteiger partial charge in [-0.15, -0.1) is 0 Å². The number of piperazine rings is 1.